The summed E-state index contributed by atoms with van der Waals surface area (Å²) in [5.41, 5.74) is 5.96. The Hall–Kier alpha value is -0.570. The first-order chi connectivity index (χ1) is 6.66. The molecule has 1 aliphatic carbocycles. The normalized spacial score (nSPS) is 32.6. The van der Waals surface area contributed by atoms with Crippen LogP contribution in [0.2, 0.25) is 0 Å². The fourth-order valence-electron chi connectivity index (χ4n) is 2.15. The number of hydrogen-bond acceptors (Lipinski definition) is 2. The molecule has 1 fully saturated rings. The van der Waals surface area contributed by atoms with Gasteiger partial charge in [0.1, 0.15) is 0 Å². The summed E-state index contributed by atoms with van der Waals surface area (Å²) in [6, 6.07) is 0.209. The van der Waals surface area contributed by atoms with E-state index >= 15 is 0 Å². The van der Waals surface area contributed by atoms with Crippen LogP contribution in [0.5, 0.6) is 0 Å². The van der Waals surface area contributed by atoms with Crippen LogP contribution in [0, 0.1) is 11.8 Å². The van der Waals surface area contributed by atoms with Gasteiger partial charge in [-0.1, -0.05) is 20.3 Å². The van der Waals surface area contributed by atoms with Gasteiger partial charge in [-0.05, 0) is 25.2 Å². The van der Waals surface area contributed by atoms with E-state index in [1.807, 2.05) is 0 Å². The van der Waals surface area contributed by atoms with Gasteiger partial charge in [-0.3, -0.25) is 4.79 Å². The van der Waals surface area contributed by atoms with Crippen molar-refractivity contribution < 1.29 is 4.79 Å². The summed E-state index contributed by atoms with van der Waals surface area (Å²) in [7, 11) is 0. The Balaban J connectivity index is 2.44. The monoisotopic (exact) mass is 198 g/mol. The molecule has 1 saturated carbocycles. The molecule has 1 rings (SSSR count). The number of carbonyl (C=O) groups excluding carboxylic acids is 1. The summed E-state index contributed by atoms with van der Waals surface area (Å²) < 4.78 is 0. The molecule has 0 spiro atoms. The van der Waals surface area contributed by atoms with E-state index in [9.17, 15) is 4.79 Å². The predicted molar refractivity (Wildman–Crippen MR) is 57.8 cm³/mol. The molecule has 3 N–H and O–H groups in total. The second kappa shape index (κ2) is 5.35. The lowest BCUT2D eigenvalue weighted by atomic mass is 9.77. The molecular formula is C11H22N2O. The minimum Gasteiger partial charge on any atom is -0.356 e. The molecule has 1 aliphatic rings. The van der Waals surface area contributed by atoms with E-state index in [1.165, 1.54) is 0 Å². The van der Waals surface area contributed by atoms with Crippen LogP contribution in [-0.2, 0) is 4.79 Å². The Bertz CT molecular complexity index is 194. The molecule has 0 aromatic carbocycles. The molecule has 82 valence electrons. The van der Waals surface area contributed by atoms with Crippen molar-refractivity contribution in [3.63, 3.8) is 0 Å². The first-order valence-corrected chi connectivity index (χ1v) is 5.70. The van der Waals surface area contributed by atoms with Gasteiger partial charge in [0.05, 0.1) is 0 Å². The van der Waals surface area contributed by atoms with Gasteiger partial charge < -0.3 is 11.1 Å². The first kappa shape index (κ1) is 11.5. The molecule has 3 heteroatoms. The van der Waals surface area contributed by atoms with Crippen LogP contribution < -0.4 is 11.1 Å². The number of amides is 1. The highest BCUT2D eigenvalue weighted by Gasteiger charge is 2.32. The van der Waals surface area contributed by atoms with E-state index in [0.717, 1.165) is 32.2 Å². The predicted octanol–water partition coefficient (Wildman–Crippen LogP) is 1.28. The zero-order valence-electron chi connectivity index (χ0n) is 9.25. The Morgan fingerprint density at radius 1 is 1.50 bits per heavy atom. The van der Waals surface area contributed by atoms with Crippen molar-refractivity contribution in [2.45, 2.75) is 45.6 Å². The summed E-state index contributed by atoms with van der Waals surface area (Å²) in [5, 5.41) is 2.96. The standard InChI is InChI=1S/C11H22N2O/c1-3-7-13-11(14)9-5-4-6-10(12)8(9)2/h8-10H,3-7,12H2,1-2H3,(H,13,14). The fourth-order valence-corrected chi connectivity index (χ4v) is 2.15. The van der Waals surface area contributed by atoms with Gasteiger partial charge in [0.25, 0.3) is 0 Å². The molecule has 0 heterocycles. The SMILES string of the molecule is CCCNC(=O)C1CCCC(N)C1C. The number of carbonyl (C=O) groups is 1. The lowest BCUT2D eigenvalue weighted by Gasteiger charge is -2.32. The molecule has 3 unspecified atom stereocenters. The molecular weight excluding hydrogens is 176 g/mol. The van der Waals surface area contributed by atoms with Crippen LogP contribution in [-0.4, -0.2) is 18.5 Å². The third kappa shape index (κ3) is 2.71. The van der Waals surface area contributed by atoms with Crippen molar-refractivity contribution in [2.24, 2.45) is 17.6 Å². The van der Waals surface area contributed by atoms with Crippen molar-refractivity contribution >= 4 is 5.91 Å². The molecule has 0 saturated heterocycles. The van der Waals surface area contributed by atoms with Gasteiger partial charge >= 0.3 is 0 Å². The van der Waals surface area contributed by atoms with Gasteiger partial charge in [-0.25, -0.2) is 0 Å². The van der Waals surface area contributed by atoms with E-state index in [2.05, 4.69) is 19.2 Å². The zero-order valence-corrected chi connectivity index (χ0v) is 9.25. The number of rotatable bonds is 3. The Kier molecular flexibility index (Phi) is 4.39. The average molecular weight is 198 g/mol. The zero-order chi connectivity index (χ0) is 10.6. The second-order valence-corrected chi connectivity index (χ2v) is 4.35. The van der Waals surface area contributed by atoms with Crippen molar-refractivity contribution in [1.82, 2.24) is 5.32 Å². The Labute approximate surface area is 86.4 Å². The van der Waals surface area contributed by atoms with Crippen LogP contribution in [0.4, 0.5) is 0 Å². The third-order valence-electron chi connectivity index (χ3n) is 3.25. The smallest absolute Gasteiger partial charge is 0.223 e. The summed E-state index contributed by atoms with van der Waals surface area (Å²) in [6.45, 7) is 4.95. The van der Waals surface area contributed by atoms with E-state index in [-0.39, 0.29) is 17.9 Å². The molecule has 3 nitrogen and oxygen atoms in total. The number of nitrogens with one attached hydrogen (secondary N) is 1. The molecule has 0 aliphatic heterocycles. The molecule has 14 heavy (non-hydrogen) atoms. The minimum atomic E-state index is 0.144. The van der Waals surface area contributed by atoms with Crippen molar-refractivity contribution in [3.05, 3.63) is 0 Å². The van der Waals surface area contributed by atoms with Crippen LogP contribution in [0.3, 0.4) is 0 Å². The highest BCUT2D eigenvalue weighted by molar-refractivity contribution is 5.79. The summed E-state index contributed by atoms with van der Waals surface area (Å²) in [6.07, 6.45) is 4.16. The van der Waals surface area contributed by atoms with E-state index in [1.54, 1.807) is 0 Å². The molecule has 0 aromatic rings. The second-order valence-electron chi connectivity index (χ2n) is 4.35. The number of nitrogens with two attached hydrogens (primary N) is 1. The minimum absolute atomic E-state index is 0.144. The van der Waals surface area contributed by atoms with E-state index in [0.29, 0.717) is 5.92 Å². The first-order valence-electron chi connectivity index (χ1n) is 5.70. The van der Waals surface area contributed by atoms with Crippen LogP contribution in [0.25, 0.3) is 0 Å². The summed E-state index contributed by atoms with van der Waals surface area (Å²) in [4.78, 5) is 11.7. The Morgan fingerprint density at radius 2 is 2.21 bits per heavy atom. The quantitative estimate of drug-likeness (QED) is 0.717. The van der Waals surface area contributed by atoms with Crippen molar-refractivity contribution in [2.75, 3.05) is 6.54 Å². The van der Waals surface area contributed by atoms with E-state index in [4.69, 9.17) is 5.73 Å². The highest BCUT2D eigenvalue weighted by atomic mass is 16.1. The van der Waals surface area contributed by atoms with Crippen LogP contribution in [0.1, 0.15) is 39.5 Å². The molecule has 1 amide bonds. The third-order valence-corrected chi connectivity index (χ3v) is 3.25. The Morgan fingerprint density at radius 3 is 2.86 bits per heavy atom. The van der Waals surface area contributed by atoms with Gasteiger partial charge in [0.15, 0.2) is 0 Å². The number of hydrogen-bond donors (Lipinski definition) is 2. The van der Waals surface area contributed by atoms with E-state index < -0.39 is 0 Å². The van der Waals surface area contributed by atoms with Gasteiger partial charge in [0, 0.05) is 18.5 Å². The fraction of sp³-hybridized carbons (Fsp3) is 0.909. The lowest BCUT2D eigenvalue weighted by molar-refractivity contribution is -0.127. The van der Waals surface area contributed by atoms with Gasteiger partial charge in [-0.2, -0.15) is 0 Å². The molecule has 0 bridgehead atoms. The summed E-state index contributed by atoms with van der Waals surface area (Å²) in [5.74, 6) is 0.681. The van der Waals surface area contributed by atoms with Gasteiger partial charge in [0.2, 0.25) is 5.91 Å². The maximum atomic E-state index is 11.7. The maximum absolute atomic E-state index is 11.7. The maximum Gasteiger partial charge on any atom is 0.223 e. The lowest BCUT2D eigenvalue weighted by Crippen LogP contribution is -2.44. The highest BCUT2D eigenvalue weighted by Crippen LogP contribution is 2.28. The van der Waals surface area contributed by atoms with Gasteiger partial charge in [-0.15, -0.1) is 0 Å². The molecule has 0 aromatic heterocycles. The molecule has 3 atom stereocenters. The van der Waals surface area contributed by atoms with Crippen molar-refractivity contribution in [1.29, 1.82) is 0 Å². The van der Waals surface area contributed by atoms with Crippen molar-refractivity contribution in [3.8, 4) is 0 Å². The van der Waals surface area contributed by atoms with Crippen LogP contribution in [0.15, 0.2) is 0 Å². The largest absolute Gasteiger partial charge is 0.356 e. The summed E-state index contributed by atoms with van der Waals surface area (Å²) >= 11 is 0. The average Bonchev–Trinajstić information content (AvgIpc) is 2.18. The molecule has 0 radical (unpaired) electrons. The topological polar surface area (TPSA) is 55.1 Å². The van der Waals surface area contributed by atoms with Crippen LogP contribution >= 0.6 is 0 Å².